The van der Waals surface area contributed by atoms with Crippen molar-refractivity contribution >= 4 is 6.29 Å². The molecular formula is C19H36O3. The van der Waals surface area contributed by atoms with Gasteiger partial charge >= 0.3 is 0 Å². The first-order chi connectivity index (χ1) is 10.9. The lowest BCUT2D eigenvalue weighted by molar-refractivity contribution is -0.107. The molecule has 0 atom stereocenters. The number of aldehydes is 1. The second kappa shape index (κ2) is 20.2. The van der Waals surface area contributed by atoms with Gasteiger partial charge in [-0.1, -0.05) is 58.3 Å². The summed E-state index contributed by atoms with van der Waals surface area (Å²) in [7, 11) is 0. The summed E-state index contributed by atoms with van der Waals surface area (Å²) < 4.78 is 10.6. The third-order valence-electron chi connectivity index (χ3n) is 3.68. The molecule has 0 aromatic heterocycles. The Bertz CT molecular complexity index is 239. The van der Waals surface area contributed by atoms with Crippen molar-refractivity contribution < 1.29 is 14.3 Å². The lowest BCUT2D eigenvalue weighted by Crippen LogP contribution is -1.97. The molecule has 0 heterocycles. The number of carbonyl (C=O) groups is 1. The van der Waals surface area contributed by atoms with Gasteiger partial charge in [-0.2, -0.15) is 0 Å². The van der Waals surface area contributed by atoms with Crippen molar-refractivity contribution in [2.45, 2.75) is 90.4 Å². The summed E-state index contributed by atoms with van der Waals surface area (Å²) in [6.45, 7) is 3.37. The van der Waals surface area contributed by atoms with Crippen molar-refractivity contribution in [2.75, 3.05) is 13.4 Å². The Morgan fingerprint density at radius 2 is 1.41 bits per heavy atom. The highest BCUT2D eigenvalue weighted by molar-refractivity contribution is 5.48. The number of hydrogen-bond donors (Lipinski definition) is 0. The van der Waals surface area contributed by atoms with Crippen molar-refractivity contribution in [3.63, 3.8) is 0 Å². The average Bonchev–Trinajstić information content (AvgIpc) is 2.54. The van der Waals surface area contributed by atoms with E-state index in [-0.39, 0.29) is 0 Å². The summed E-state index contributed by atoms with van der Waals surface area (Å²) in [6, 6.07) is 0. The maximum atomic E-state index is 10.2. The van der Waals surface area contributed by atoms with E-state index in [0.29, 0.717) is 6.79 Å². The molecule has 0 rings (SSSR count). The Morgan fingerprint density at radius 3 is 2.05 bits per heavy atom. The van der Waals surface area contributed by atoms with Crippen LogP contribution in [0, 0.1) is 0 Å². The van der Waals surface area contributed by atoms with Crippen LogP contribution in [0.5, 0.6) is 0 Å². The zero-order valence-electron chi connectivity index (χ0n) is 14.6. The van der Waals surface area contributed by atoms with E-state index in [2.05, 4.69) is 13.0 Å². The molecule has 0 unspecified atom stereocenters. The molecule has 0 radical (unpaired) electrons. The van der Waals surface area contributed by atoms with Gasteiger partial charge in [0.1, 0.15) is 6.29 Å². The van der Waals surface area contributed by atoms with Crippen molar-refractivity contribution in [2.24, 2.45) is 0 Å². The van der Waals surface area contributed by atoms with E-state index >= 15 is 0 Å². The molecule has 0 aliphatic carbocycles. The largest absolute Gasteiger partial charge is 0.475 e. The monoisotopic (exact) mass is 312 g/mol. The number of unbranched alkanes of at least 4 members (excludes halogenated alkanes) is 11. The Balaban J connectivity index is 3.03. The van der Waals surface area contributed by atoms with E-state index in [1.807, 2.05) is 0 Å². The SMILES string of the molecule is CCCCCOCOC=CCCCCCCCCCCC=O. The van der Waals surface area contributed by atoms with Crippen molar-refractivity contribution in [1.29, 1.82) is 0 Å². The first-order valence-corrected chi connectivity index (χ1v) is 9.19. The van der Waals surface area contributed by atoms with Crippen LogP contribution in [0.4, 0.5) is 0 Å². The van der Waals surface area contributed by atoms with Crippen LogP contribution in [-0.2, 0) is 14.3 Å². The molecule has 22 heavy (non-hydrogen) atoms. The van der Waals surface area contributed by atoms with Crippen LogP contribution in [0.1, 0.15) is 90.4 Å². The highest BCUT2D eigenvalue weighted by Crippen LogP contribution is 2.10. The van der Waals surface area contributed by atoms with Crippen LogP contribution < -0.4 is 0 Å². The second-order valence-corrected chi connectivity index (χ2v) is 5.84. The van der Waals surface area contributed by atoms with Gasteiger partial charge in [0.05, 0.1) is 12.9 Å². The third kappa shape index (κ3) is 19.2. The van der Waals surface area contributed by atoms with E-state index in [1.54, 1.807) is 6.26 Å². The van der Waals surface area contributed by atoms with Crippen LogP contribution in [0.15, 0.2) is 12.3 Å². The standard InChI is InChI=1S/C19H36O3/c1-2-3-14-17-21-19-22-18-15-12-10-8-6-4-5-7-9-11-13-16-20/h15-16,18H,2-14,17,19H2,1H3. The van der Waals surface area contributed by atoms with Crippen LogP contribution in [0.2, 0.25) is 0 Å². The van der Waals surface area contributed by atoms with E-state index < -0.39 is 0 Å². The molecule has 0 aromatic rings. The maximum Gasteiger partial charge on any atom is 0.188 e. The molecule has 0 amide bonds. The fourth-order valence-corrected chi connectivity index (χ4v) is 2.29. The normalized spacial score (nSPS) is 11.1. The summed E-state index contributed by atoms with van der Waals surface area (Å²) in [6.07, 6.45) is 20.3. The summed E-state index contributed by atoms with van der Waals surface area (Å²) in [5, 5.41) is 0. The van der Waals surface area contributed by atoms with Gasteiger partial charge in [0.2, 0.25) is 0 Å². The Hall–Kier alpha value is -0.830. The summed E-state index contributed by atoms with van der Waals surface area (Å²) in [5.74, 6) is 0. The van der Waals surface area contributed by atoms with Gasteiger partial charge in [0.25, 0.3) is 0 Å². The van der Waals surface area contributed by atoms with Crippen LogP contribution >= 0.6 is 0 Å². The predicted octanol–water partition coefficient (Wildman–Crippen LogP) is 5.78. The molecule has 0 N–H and O–H groups in total. The smallest absolute Gasteiger partial charge is 0.188 e. The molecule has 0 aromatic carbocycles. The Kier molecular flexibility index (Phi) is 19.4. The molecule has 0 aliphatic heterocycles. The minimum atomic E-state index is 0.379. The molecule has 3 nitrogen and oxygen atoms in total. The zero-order chi connectivity index (χ0) is 16.1. The highest BCUT2D eigenvalue weighted by Gasteiger charge is 1.92. The topological polar surface area (TPSA) is 35.5 Å². The molecule has 0 saturated heterocycles. The number of rotatable bonds is 18. The van der Waals surface area contributed by atoms with Gasteiger partial charge in [0, 0.05) is 6.42 Å². The third-order valence-corrected chi connectivity index (χ3v) is 3.68. The summed E-state index contributed by atoms with van der Waals surface area (Å²) in [4.78, 5) is 10.2. The van der Waals surface area contributed by atoms with Gasteiger partial charge in [-0.15, -0.1) is 0 Å². The summed E-state index contributed by atoms with van der Waals surface area (Å²) >= 11 is 0. The minimum absolute atomic E-state index is 0.379. The number of ether oxygens (including phenoxy) is 2. The van der Waals surface area contributed by atoms with Gasteiger partial charge in [-0.25, -0.2) is 0 Å². The van der Waals surface area contributed by atoms with Gasteiger partial charge in [-0.3, -0.25) is 0 Å². The molecule has 0 fully saturated rings. The predicted molar refractivity (Wildman–Crippen MR) is 92.8 cm³/mol. The van der Waals surface area contributed by atoms with Gasteiger partial charge in [0.15, 0.2) is 6.79 Å². The lowest BCUT2D eigenvalue weighted by Gasteiger charge is -2.03. The van der Waals surface area contributed by atoms with Crippen molar-refractivity contribution in [3.05, 3.63) is 12.3 Å². The molecule has 3 heteroatoms. The Morgan fingerprint density at radius 1 is 0.773 bits per heavy atom. The molecule has 0 saturated carbocycles. The zero-order valence-corrected chi connectivity index (χ0v) is 14.6. The number of allylic oxidation sites excluding steroid dienone is 1. The molecular weight excluding hydrogens is 276 g/mol. The summed E-state index contributed by atoms with van der Waals surface area (Å²) in [5.41, 5.74) is 0. The average molecular weight is 312 g/mol. The first kappa shape index (κ1) is 21.2. The van der Waals surface area contributed by atoms with Crippen molar-refractivity contribution in [3.8, 4) is 0 Å². The van der Waals surface area contributed by atoms with Crippen molar-refractivity contribution in [1.82, 2.24) is 0 Å². The highest BCUT2D eigenvalue weighted by atomic mass is 16.7. The van der Waals surface area contributed by atoms with Gasteiger partial charge in [-0.05, 0) is 31.8 Å². The fourth-order valence-electron chi connectivity index (χ4n) is 2.29. The Labute approximate surface area is 137 Å². The van der Waals surface area contributed by atoms with E-state index in [0.717, 1.165) is 38.6 Å². The molecule has 0 bridgehead atoms. The van der Waals surface area contributed by atoms with Crippen LogP contribution in [0.3, 0.4) is 0 Å². The van der Waals surface area contributed by atoms with Crippen LogP contribution in [-0.4, -0.2) is 19.7 Å². The molecule has 0 aliphatic rings. The number of carbonyl (C=O) groups excluding carboxylic acids is 1. The minimum Gasteiger partial charge on any atom is -0.475 e. The maximum absolute atomic E-state index is 10.2. The van der Waals surface area contributed by atoms with E-state index in [9.17, 15) is 4.79 Å². The molecule has 130 valence electrons. The quantitative estimate of drug-likeness (QED) is 0.139. The van der Waals surface area contributed by atoms with E-state index in [1.165, 1.54) is 57.8 Å². The molecule has 0 spiro atoms. The second-order valence-electron chi connectivity index (χ2n) is 5.84. The van der Waals surface area contributed by atoms with E-state index in [4.69, 9.17) is 9.47 Å². The fraction of sp³-hybridized carbons (Fsp3) is 0.842. The lowest BCUT2D eigenvalue weighted by atomic mass is 10.1. The number of hydrogen-bond acceptors (Lipinski definition) is 3. The van der Waals surface area contributed by atoms with Gasteiger partial charge < -0.3 is 14.3 Å². The van der Waals surface area contributed by atoms with Crippen LogP contribution in [0.25, 0.3) is 0 Å². The first-order valence-electron chi connectivity index (χ1n) is 9.19.